The number of hydrogen-bond donors (Lipinski definition) is 2. The number of halogens is 1. The summed E-state index contributed by atoms with van der Waals surface area (Å²) < 4.78 is 41.3. The molecule has 0 spiro atoms. The maximum Gasteiger partial charge on any atom is 0.211 e. The molecule has 0 bridgehead atoms. The van der Waals surface area contributed by atoms with Crippen LogP contribution < -0.4 is 19.9 Å². The van der Waals surface area contributed by atoms with Gasteiger partial charge in [0.1, 0.15) is 19.5 Å². The number of hydrogen-bond acceptors (Lipinski definition) is 9. The molecule has 32 heavy (non-hydrogen) atoms. The van der Waals surface area contributed by atoms with Gasteiger partial charge in [0.2, 0.25) is 10.0 Å². The summed E-state index contributed by atoms with van der Waals surface area (Å²) in [7, 11) is -3.36. The minimum atomic E-state index is -3.36. The van der Waals surface area contributed by atoms with Crippen LogP contribution in [-0.4, -0.2) is 52.9 Å². The number of nitrogens with two attached hydrogens (primary N) is 1. The number of anilines is 1. The summed E-state index contributed by atoms with van der Waals surface area (Å²) in [5.74, 6) is 1.68. The van der Waals surface area contributed by atoms with E-state index in [9.17, 15) is 8.42 Å². The number of aromatic nitrogens is 4. The summed E-state index contributed by atoms with van der Waals surface area (Å²) >= 11 is 3.68. The summed E-state index contributed by atoms with van der Waals surface area (Å²) in [6.45, 7) is 5.03. The van der Waals surface area contributed by atoms with E-state index in [1.165, 1.54) is 18.1 Å². The predicted molar refractivity (Wildman–Crippen MR) is 131 cm³/mol. The number of nitrogen functional groups attached to an aromatic ring is 1. The Labute approximate surface area is 203 Å². The monoisotopic (exact) mass is 590 g/mol. The molecular weight excluding hydrogens is 567 g/mol. The second-order valence-corrected chi connectivity index (χ2v) is 11.5. The smallest absolute Gasteiger partial charge is 0.211 e. The molecular formula is C19H23IN6O4S2. The van der Waals surface area contributed by atoms with Crippen LogP contribution in [-0.2, 0) is 16.6 Å². The highest BCUT2D eigenvalue weighted by Gasteiger charge is 2.21. The number of nitrogens with zero attached hydrogens (tertiary/aromatic N) is 4. The summed E-state index contributed by atoms with van der Waals surface area (Å²) in [6, 6.07) is 3.71. The number of ether oxygens (including phenoxy) is 2. The van der Waals surface area contributed by atoms with E-state index < -0.39 is 10.0 Å². The Hall–Kier alpha value is -1.84. The summed E-state index contributed by atoms with van der Waals surface area (Å²) in [6.07, 6.45) is 1.78. The van der Waals surface area contributed by atoms with Crippen LogP contribution in [0.3, 0.4) is 0 Å². The second kappa shape index (κ2) is 9.57. The number of nitrogens with one attached hydrogen (secondary N) is 1. The zero-order valence-electron chi connectivity index (χ0n) is 17.5. The van der Waals surface area contributed by atoms with Crippen molar-refractivity contribution in [2.45, 2.75) is 42.9 Å². The lowest BCUT2D eigenvalue weighted by Crippen LogP contribution is -2.32. The quantitative estimate of drug-likeness (QED) is 0.380. The van der Waals surface area contributed by atoms with E-state index in [0.29, 0.717) is 48.2 Å². The molecule has 1 aromatic carbocycles. The fraction of sp³-hybridized carbons (Fsp3) is 0.421. The van der Waals surface area contributed by atoms with E-state index in [-0.39, 0.29) is 17.6 Å². The average Bonchev–Trinajstić information content (AvgIpc) is 3.06. The van der Waals surface area contributed by atoms with Gasteiger partial charge in [0.05, 0.1) is 5.75 Å². The number of fused-ring (bicyclic) bond motifs is 2. The van der Waals surface area contributed by atoms with Gasteiger partial charge >= 0.3 is 0 Å². The van der Waals surface area contributed by atoms with Crippen LogP contribution >= 0.6 is 34.4 Å². The molecule has 3 aromatic rings. The minimum Gasteiger partial charge on any atom is -0.486 e. The Morgan fingerprint density at radius 2 is 1.97 bits per heavy atom. The van der Waals surface area contributed by atoms with Gasteiger partial charge in [0, 0.05) is 21.1 Å². The summed E-state index contributed by atoms with van der Waals surface area (Å²) in [5.41, 5.74) is 7.09. The zero-order valence-corrected chi connectivity index (χ0v) is 21.3. The van der Waals surface area contributed by atoms with Crippen LogP contribution in [0.15, 0.2) is 28.5 Å². The molecule has 0 radical (unpaired) electrons. The fourth-order valence-electron chi connectivity index (χ4n) is 3.27. The third-order valence-electron chi connectivity index (χ3n) is 4.53. The molecule has 0 fully saturated rings. The van der Waals surface area contributed by atoms with Crippen molar-refractivity contribution in [3.63, 3.8) is 0 Å². The van der Waals surface area contributed by atoms with Crippen molar-refractivity contribution in [3.8, 4) is 11.5 Å². The van der Waals surface area contributed by atoms with Gasteiger partial charge in [0.15, 0.2) is 33.6 Å². The summed E-state index contributed by atoms with van der Waals surface area (Å²) in [5, 5.41) is 0.649. The lowest BCUT2D eigenvalue weighted by molar-refractivity contribution is 0.171. The maximum atomic E-state index is 12.2. The highest BCUT2D eigenvalue weighted by atomic mass is 127. The first-order chi connectivity index (χ1) is 15.2. The van der Waals surface area contributed by atoms with Gasteiger partial charge in [-0.25, -0.2) is 28.1 Å². The Kier molecular flexibility index (Phi) is 6.97. The largest absolute Gasteiger partial charge is 0.486 e. The van der Waals surface area contributed by atoms with Gasteiger partial charge < -0.3 is 19.8 Å². The van der Waals surface area contributed by atoms with E-state index in [2.05, 4.69) is 42.3 Å². The van der Waals surface area contributed by atoms with Crippen molar-refractivity contribution in [3.05, 3.63) is 22.0 Å². The van der Waals surface area contributed by atoms with Gasteiger partial charge in [-0.3, -0.25) is 0 Å². The Morgan fingerprint density at radius 1 is 1.25 bits per heavy atom. The lowest BCUT2D eigenvalue weighted by atomic mass is 10.3. The van der Waals surface area contributed by atoms with Gasteiger partial charge in [-0.05, 0) is 55.0 Å². The third-order valence-corrected chi connectivity index (χ3v) is 8.50. The molecule has 4 rings (SSSR count). The molecule has 0 saturated heterocycles. The molecule has 3 N–H and O–H groups in total. The molecule has 0 amide bonds. The molecule has 0 aliphatic carbocycles. The van der Waals surface area contributed by atoms with Gasteiger partial charge in [0.25, 0.3) is 0 Å². The van der Waals surface area contributed by atoms with Crippen molar-refractivity contribution in [1.29, 1.82) is 0 Å². The molecule has 0 saturated carbocycles. The normalized spacial score (nSPS) is 13.8. The molecule has 3 heterocycles. The first-order valence-corrected chi connectivity index (χ1v) is 13.5. The van der Waals surface area contributed by atoms with E-state index in [1.54, 1.807) is 13.8 Å². The summed E-state index contributed by atoms with van der Waals surface area (Å²) in [4.78, 5) is 14.0. The van der Waals surface area contributed by atoms with Crippen molar-refractivity contribution >= 4 is 61.4 Å². The van der Waals surface area contributed by atoms with Crippen LogP contribution in [0.5, 0.6) is 11.5 Å². The maximum absolute atomic E-state index is 12.2. The molecule has 10 nitrogen and oxygen atoms in total. The Bertz CT molecular complexity index is 1250. The topological polar surface area (TPSA) is 134 Å². The zero-order chi connectivity index (χ0) is 22.9. The number of aryl methyl sites for hydroxylation is 1. The molecule has 0 unspecified atom stereocenters. The number of imidazole rings is 1. The van der Waals surface area contributed by atoms with Crippen LogP contribution in [0.2, 0.25) is 0 Å². The number of rotatable bonds is 8. The van der Waals surface area contributed by atoms with E-state index in [0.717, 1.165) is 14.2 Å². The molecule has 0 atom stereocenters. The fourth-order valence-corrected chi connectivity index (χ4v) is 6.32. The first-order valence-electron chi connectivity index (χ1n) is 9.97. The molecule has 2 aromatic heterocycles. The number of sulfonamides is 1. The van der Waals surface area contributed by atoms with Crippen LogP contribution in [0, 0.1) is 3.57 Å². The van der Waals surface area contributed by atoms with Gasteiger partial charge in [-0.2, -0.15) is 0 Å². The second-order valence-electron chi connectivity index (χ2n) is 7.45. The van der Waals surface area contributed by atoms with Crippen molar-refractivity contribution in [2.75, 3.05) is 24.7 Å². The average molecular weight is 590 g/mol. The SMILES string of the molecule is CC(C)NS(=O)(=O)CCCn1c(Sc2cc3c(cc2I)OCCO3)nc2c(N)ncnc21. The van der Waals surface area contributed by atoms with Gasteiger partial charge in [-0.1, -0.05) is 11.8 Å². The third kappa shape index (κ3) is 5.21. The van der Waals surface area contributed by atoms with Crippen LogP contribution in [0.4, 0.5) is 5.82 Å². The lowest BCUT2D eigenvalue weighted by Gasteiger charge is -2.19. The van der Waals surface area contributed by atoms with Crippen molar-refractivity contribution in [2.24, 2.45) is 0 Å². The minimum absolute atomic E-state index is 0.00289. The van der Waals surface area contributed by atoms with Crippen molar-refractivity contribution in [1.82, 2.24) is 24.2 Å². The van der Waals surface area contributed by atoms with Crippen LogP contribution in [0.1, 0.15) is 20.3 Å². The molecule has 1 aliphatic rings. The molecule has 172 valence electrons. The van der Waals surface area contributed by atoms with E-state index in [1.807, 2.05) is 16.7 Å². The highest BCUT2D eigenvalue weighted by Crippen LogP contribution is 2.40. The van der Waals surface area contributed by atoms with E-state index >= 15 is 0 Å². The molecule has 13 heteroatoms. The van der Waals surface area contributed by atoms with Crippen LogP contribution in [0.25, 0.3) is 11.2 Å². The Morgan fingerprint density at radius 3 is 2.69 bits per heavy atom. The number of benzene rings is 1. The Balaban J connectivity index is 1.64. The standard InChI is InChI=1S/C19H23IN6O4S2/c1-11(2)25-32(27,28)7-3-4-26-18-16(17(21)22-10-23-18)24-19(26)31-15-9-14-13(8-12(15)20)29-5-6-30-14/h8-11,25H,3-7H2,1-2H3,(H2,21,22,23). The first kappa shape index (κ1) is 23.3. The van der Waals surface area contributed by atoms with Crippen molar-refractivity contribution < 1.29 is 17.9 Å². The van der Waals surface area contributed by atoms with E-state index in [4.69, 9.17) is 15.2 Å². The molecule has 1 aliphatic heterocycles. The predicted octanol–water partition coefficient (Wildman–Crippen LogP) is 2.65. The highest BCUT2D eigenvalue weighted by molar-refractivity contribution is 14.1. The van der Waals surface area contributed by atoms with Gasteiger partial charge in [-0.15, -0.1) is 0 Å².